The van der Waals surface area contributed by atoms with Crippen molar-refractivity contribution in [3.8, 4) is 0 Å². The fraction of sp³-hybridized carbons (Fsp3) is 0.538. The van der Waals surface area contributed by atoms with E-state index in [0.29, 0.717) is 5.92 Å². The molecule has 1 rings (SSSR count). The van der Waals surface area contributed by atoms with E-state index in [-0.39, 0.29) is 0 Å². The van der Waals surface area contributed by atoms with Crippen LogP contribution in [0, 0.1) is 5.92 Å². The lowest BCUT2D eigenvalue weighted by atomic mass is 9.93. The molecule has 1 aromatic rings. The third-order valence-electron chi connectivity index (χ3n) is 2.62. The van der Waals surface area contributed by atoms with Crippen LogP contribution in [0.25, 0.3) is 0 Å². The van der Waals surface area contributed by atoms with Crippen molar-refractivity contribution in [3.63, 3.8) is 0 Å². The van der Waals surface area contributed by atoms with E-state index in [1.807, 2.05) is 12.1 Å². The van der Waals surface area contributed by atoms with Crippen molar-refractivity contribution in [2.45, 2.75) is 32.6 Å². The fourth-order valence-corrected chi connectivity index (χ4v) is 2.62. The molecular weight excluding hydrogens is 272 g/mol. The van der Waals surface area contributed by atoms with Crippen molar-refractivity contribution in [3.05, 3.63) is 34.9 Å². The van der Waals surface area contributed by atoms with Gasteiger partial charge in [-0.25, -0.2) is 0 Å². The molecule has 1 unspecified atom stereocenters. The molecule has 0 aliphatic heterocycles. The molecular formula is C13H18BrCl. The number of hydrogen-bond donors (Lipinski definition) is 0. The van der Waals surface area contributed by atoms with E-state index >= 15 is 0 Å². The molecule has 0 bridgehead atoms. The summed E-state index contributed by atoms with van der Waals surface area (Å²) in [7, 11) is 0. The van der Waals surface area contributed by atoms with Crippen LogP contribution in [0.15, 0.2) is 24.3 Å². The third-order valence-corrected chi connectivity index (χ3v) is 3.75. The Kier molecular flexibility index (Phi) is 5.70. The van der Waals surface area contributed by atoms with Crippen molar-refractivity contribution in [1.82, 2.24) is 0 Å². The van der Waals surface area contributed by atoms with Crippen LogP contribution in [0.1, 0.15) is 38.2 Å². The topological polar surface area (TPSA) is 0 Å². The molecule has 2 heteroatoms. The highest BCUT2D eigenvalue weighted by atomic mass is 79.9. The summed E-state index contributed by atoms with van der Waals surface area (Å²) in [6.07, 6.45) is 2.45. The maximum absolute atomic E-state index is 6.19. The smallest absolute Gasteiger partial charge is 0.0441 e. The van der Waals surface area contributed by atoms with Gasteiger partial charge in [-0.05, 0) is 29.9 Å². The molecule has 0 radical (unpaired) electrons. The number of alkyl halides is 1. The molecule has 0 aromatic heterocycles. The van der Waals surface area contributed by atoms with Crippen molar-refractivity contribution in [2.75, 3.05) is 5.33 Å². The zero-order valence-corrected chi connectivity index (χ0v) is 11.7. The van der Waals surface area contributed by atoms with Gasteiger partial charge < -0.3 is 0 Å². The summed E-state index contributed by atoms with van der Waals surface area (Å²) in [6, 6.07) is 8.16. The first-order chi connectivity index (χ1) is 7.15. The molecule has 0 spiro atoms. The molecule has 0 saturated carbocycles. The minimum atomic E-state index is 0.543. The Bertz CT molecular complexity index is 296. The second-order valence-electron chi connectivity index (χ2n) is 4.34. The van der Waals surface area contributed by atoms with Crippen LogP contribution in [0.4, 0.5) is 0 Å². The highest BCUT2D eigenvalue weighted by Crippen LogP contribution is 2.30. The number of hydrogen-bond acceptors (Lipinski definition) is 0. The van der Waals surface area contributed by atoms with Crippen LogP contribution < -0.4 is 0 Å². The predicted molar refractivity (Wildman–Crippen MR) is 72.1 cm³/mol. The normalized spacial score (nSPS) is 13.1. The molecule has 1 aromatic carbocycles. The zero-order valence-electron chi connectivity index (χ0n) is 9.34. The summed E-state index contributed by atoms with van der Waals surface area (Å²) in [5.74, 6) is 1.30. The summed E-state index contributed by atoms with van der Waals surface area (Å²) in [6.45, 7) is 4.52. The molecule has 0 heterocycles. The number of rotatable bonds is 5. The largest absolute Gasteiger partial charge is 0.0921 e. The number of halogens is 2. The molecule has 15 heavy (non-hydrogen) atoms. The Morgan fingerprint density at radius 3 is 2.40 bits per heavy atom. The van der Waals surface area contributed by atoms with Gasteiger partial charge in [-0.2, -0.15) is 0 Å². The third kappa shape index (κ3) is 4.16. The Balaban J connectivity index is 2.70. The molecule has 0 aliphatic carbocycles. The van der Waals surface area contributed by atoms with Crippen LogP contribution in [0.3, 0.4) is 0 Å². The molecule has 0 fully saturated rings. The first-order valence-electron chi connectivity index (χ1n) is 5.45. The molecule has 0 nitrogen and oxygen atoms in total. The van der Waals surface area contributed by atoms with E-state index in [1.54, 1.807) is 0 Å². The summed E-state index contributed by atoms with van der Waals surface area (Å²) < 4.78 is 0. The van der Waals surface area contributed by atoms with Gasteiger partial charge in [0.1, 0.15) is 0 Å². The van der Waals surface area contributed by atoms with Crippen LogP contribution in [-0.4, -0.2) is 5.33 Å². The van der Waals surface area contributed by atoms with Gasteiger partial charge in [0.2, 0.25) is 0 Å². The molecule has 0 aliphatic rings. The summed E-state index contributed by atoms with van der Waals surface area (Å²) in [5.41, 5.74) is 1.27. The monoisotopic (exact) mass is 288 g/mol. The zero-order chi connectivity index (χ0) is 11.3. The van der Waals surface area contributed by atoms with Gasteiger partial charge in [0.05, 0.1) is 0 Å². The van der Waals surface area contributed by atoms with E-state index in [0.717, 1.165) is 16.3 Å². The highest BCUT2D eigenvalue weighted by molar-refractivity contribution is 9.09. The van der Waals surface area contributed by atoms with Gasteiger partial charge in [0.25, 0.3) is 0 Å². The lowest BCUT2D eigenvalue weighted by Gasteiger charge is -2.17. The second kappa shape index (κ2) is 6.55. The standard InChI is InChI=1S/C13H18BrCl/c1-10(2)7-8-11(9-14)12-5-3-4-6-13(12)15/h3-6,10-11H,7-9H2,1-2H3. The Labute approximate surface area is 106 Å². The van der Waals surface area contributed by atoms with E-state index in [2.05, 4.69) is 41.9 Å². The van der Waals surface area contributed by atoms with Crippen LogP contribution in [-0.2, 0) is 0 Å². The van der Waals surface area contributed by atoms with Crippen LogP contribution >= 0.6 is 27.5 Å². The minimum Gasteiger partial charge on any atom is -0.0921 e. The molecule has 0 amide bonds. The van der Waals surface area contributed by atoms with Gasteiger partial charge in [-0.15, -0.1) is 0 Å². The van der Waals surface area contributed by atoms with Crippen molar-refractivity contribution < 1.29 is 0 Å². The van der Waals surface area contributed by atoms with E-state index in [9.17, 15) is 0 Å². The van der Waals surface area contributed by atoms with Gasteiger partial charge in [0, 0.05) is 10.4 Å². The van der Waals surface area contributed by atoms with Crippen LogP contribution in [0.2, 0.25) is 5.02 Å². The van der Waals surface area contributed by atoms with Gasteiger partial charge >= 0.3 is 0 Å². The van der Waals surface area contributed by atoms with E-state index < -0.39 is 0 Å². The minimum absolute atomic E-state index is 0.543. The summed E-state index contributed by atoms with van der Waals surface area (Å²) in [4.78, 5) is 0. The number of benzene rings is 1. The molecule has 84 valence electrons. The van der Waals surface area contributed by atoms with Crippen molar-refractivity contribution in [2.24, 2.45) is 5.92 Å². The first kappa shape index (κ1) is 13.1. The van der Waals surface area contributed by atoms with E-state index in [1.165, 1.54) is 18.4 Å². The maximum Gasteiger partial charge on any atom is 0.0441 e. The highest BCUT2D eigenvalue weighted by Gasteiger charge is 2.13. The van der Waals surface area contributed by atoms with Crippen LogP contribution in [0.5, 0.6) is 0 Å². The van der Waals surface area contributed by atoms with Crippen molar-refractivity contribution >= 4 is 27.5 Å². The summed E-state index contributed by atoms with van der Waals surface area (Å²) in [5, 5.41) is 1.88. The quantitative estimate of drug-likeness (QED) is 0.649. The van der Waals surface area contributed by atoms with E-state index in [4.69, 9.17) is 11.6 Å². The molecule has 0 N–H and O–H groups in total. The molecule has 1 atom stereocenters. The fourth-order valence-electron chi connectivity index (χ4n) is 1.66. The van der Waals surface area contributed by atoms with Crippen molar-refractivity contribution in [1.29, 1.82) is 0 Å². The summed E-state index contributed by atoms with van der Waals surface area (Å²) >= 11 is 9.77. The Morgan fingerprint density at radius 1 is 1.20 bits per heavy atom. The Morgan fingerprint density at radius 2 is 1.87 bits per heavy atom. The average Bonchev–Trinajstić information content (AvgIpc) is 2.21. The Hall–Kier alpha value is -0.0100. The lowest BCUT2D eigenvalue weighted by molar-refractivity contribution is 0.521. The van der Waals surface area contributed by atoms with Gasteiger partial charge in [-0.1, -0.05) is 66.0 Å². The van der Waals surface area contributed by atoms with Gasteiger partial charge in [0.15, 0.2) is 0 Å². The second-order valence-corrected chi connectivity index (χ2v) is 5.40. The predicted octanol–water partition coefficient (Wildman–Crippen LogP) is 5.25. The molecule has 0 saturated heterocycles. The SMILES string of the molecule is CC(C)CCC(CBr)c1ccccc1Cl. The average molecular weight is 290 g/mol. The maximum atomic E-state index is 6.19. The van der Waals surface area contributed by atoms with Gasteiger partial charge in [-0.3, -0.25) is 0 Å². The first-order valence-corrected chi connectivity index (χ1v) is 6.95. The lowest BCUT2D eigenvalue weighted by Crippen LogP contribution is -2.03.